The molecule has 0 heterocycles. The number of alkyl halides is 1. The Hall–Kier alpha value is 0.140. The van der Waals surface area contributed by atoms with Crippen molar-refractivity contribution in [1.29, 1.82) is 0 Å². The van der Waals surface area contributed by atoms with Gasteiger partial charge in [-0.2, -0.15) is 0 Å². The molecule has 0 N–H and O–H groups in total. The lowest BCUT2D eigenvalue weighted by Crippen LogP contribution is -2.17. The monoisotopic (exact) mass is 334 g/mol. The number of allylic oxidation sites excluding steroid dienone is 2. The smallest absolute Gasteiger partial charge is 0.157 e. The second kappa shape index (κ2) is 16.2. The number of rotatable bonds is 14. The van der Waals surface area contributed by atoms with Gasteiger partial charge >= 0.3 is 0 Å². The molecule has 0 atom stereocenters. The Morgan fingerprint density at radius 3 is 2.05 bits per heavy atom. The van der Waals surface area contributed by atoms with Gasteiger partial charge in [0, 0.05) is 18.5 Å². The van der Waals surface area contributed by atoms with Gasteiger partial charge in [0.15, 0.2) is 6.29 Å². The molecule has 0 aromatic carbocycles. The number of halogens is 1. The van der Waals surface area contributed by atoms with Gasteiger partial charge in [-0.25, -0.2) is 0 Å². The highest BCUT2D eigenvalue weighted by atomic mass is 79.9. The number of hydrogen-bond acceptors (Lipinski definition) is 2. The first-order valence-corrected chi connectivity index (χ1v) is 8.91. The number of ether oxygens (including phenoxy) is 2. The summed E-state index contributed by atoms with van der Waals surface area (Å²) >= 11 is 3.42. The molecule has 0 fully saturated rings. The van der Waals surface area contributed by atoms with Crippen molar-refractivity contribution in [3.05, 3.63) is 12.2 Å². The largest absolute Gasteiger partial charge is 0.353 e. The molecule has 2 nitrogen and oxygen atoms in total. The molecule has 0 aromatic heterocycles. The Bertz CT molecular complexity index is 189. The Labute approximate surface area is 128 Å². The van der Waals surface area contributed by atoms with Gasteiger partial charge in [-0.1, -0.05) is 47.3 Å². The molecule has 0 bridgehead atoms. The topological polar surface area (TPSA) is 18.5 Å². The van der Waals surface area contributed by atoms with Crippen LogP contribution < -0.4 is 0 Å². The van der Waals surface area contributed by atoms with Crippen LogP contribution in [0.1, 0.15) is 65.2 Å². The van der Waals surface area contributed by atoms with Crippen LogP contribution in [0.15, 0.2) is 12.2 Å². The van der Waals surface area contributed by atoms with Crippen molar-refractivity contribution in [3.8, 4) is 0 Å². The lowest BCUT2D eigenvalue weighted by Gasteiger charge is -2.16. The summed E-state index contributed by atoms with van der Waals surface area (Å²) < 4.78 is 11.1. The first-order chi connectivity index (χ1) is 9.35. The third kappa shape index (κ3) is 14.4. The molecular formula is C16H31BrO2. The second-order valence-corrected chi connectivity index (χ2v) is 5.43. The average Bonchev–Trinajstić information content (AvgIpc) is 2.41. The van der Waals surface area contributed by atoms with Gasteiger partial charge in [0.05, 0.1) is 0 Å². The van der Waals surface area contributed by atoms with Crippen molar-refractivity contribution < 1.29 is 9.47 Å². The predicted octanol–water partition coefficient (Wildman–Crippen LogP) is 5.46. The van der Waals surface area contributed by atoms with E-state index in [0.717, 1.165) is 31.4 Å². The van der Waals surface area contributed by atoms with Crippen LogP contribution in [0.3, 0.4) is 0 Å². The molecule has 114 valence electrons. The van der Waals surface area contributed by atoms with E-state index in [-0.39, 0.29) is 6.29 Å². The third-order valence-corrected chi connectivity index (χ3v) is 3.42. The van der Waals surface area contributed by atoms with E-state index in [1.807, 2.05) is 13.8 Å². The highest BCUT2D eigenvalue weighted by Gasteiger charge is 2.06. The molecule has 3 heteroatoms. The molecule has 0 aliphatic rings. The van der Waals surface area contributed by atoms with E-state index in [1.165, 1.54) is 38.5 Å². The van der Waals surface area contributed by atoms with Crippen molar-refractivity contribution in [3.63, 3.8) is 0 Å². The first-order valence-electron chi connectivity index (χ1n) is 7.79. The van der Waals surface area contributed by atoms with E-state index in [1.54, 1.807) is 0 Å². The fraction of sp³-hybridized carbons (Fsp3) is 0.875. The zero-order chi connectivity index (χ0) is 14.2. The summed E-state index contributed by atoms with van der Waals surface area (Å²) in [6, 6.07) is 0. The Balaban J connectivity index is 3.28. The van der Waals surface area contributed by atoms with Gasteiger partial charge in [-0.3, -0.25) is 0 Å². The highest BCUT2D eigenvalue weighted by Crippen LogP contribution is 2.11. The summed E-state index contributed by atoms with van der Waals surface area (Å²) in [7, 11) is 0. The molecule has 0 aliphatic heterocycles. The standard InChI is InChI=1S/C16H31BrO2/c1-3-18-16(19-4-2)14-12-10-8-6-5-7-9-11-13-15-17/h9,11,16H,3-8,10,12-15H2,1-2H3/b11-9+. The summed E-state index contributed by atoms with van der Waals surface area (Å²) in [4.78, 5) is 0. The maximum Gasteiger partial charge on any atom is 0.157 e. The fourth-order valence-electron chi connectivity index (χ4n) is 1.99. The number of hydrogen-bond donors (Lipinski definition) is 0. The van der Waals surface area contributed by atoms with Gasteiger partial charge in [-0.05, 0) is 46.0 Å². The normalized spacial score (nSPS) is 11.8. The van der Waals surface area contributed by atoms with E-state index < -0.39 is 0 Å². The molecule has 0 unspecified atom stereocenters. The van der Waals surface area contributed by atoms with E-state index in [0.29, 0.717) is 0 Å². The van der Waals surface area contributed by atoms with E-state index >= 15 is 0 Å². The Kier molecular flexibility index (Phi) is 16.3. The molecule has 0 saturated heterocycles. The highest BCUT2D eigenvalue weighted by molar-refractivity contribution is 9.09. The maximum atomic E-state index is 5.53. The molecule has 0 aromatic rings. The molecule has 0 rings (SSSR count). The maximum absolute atomic E-state index is 5.53. The minimum Gasteiger partial charge on any atom is -0.353 e. The lowest BCUT2D eigenvalue weighted by atomic mass is 10.1. The minimum absolute atomic E-state index is 0.0159. The molecule has 0 aliphatic carbocycles. The summed E-state index contributed by atoms with van der Waals surface area (Å²) in [5.74, 6) is 0. The second-order valence-electron chi connectivity index (χ2n) is 4.63. The van der Waals surface area contributed by atoms with Crippen molar-refractivity contribution in [2.24, 2.45) is 0 Å². The summed E-state index contributed by atoms with van der Waals surface area (Å²) in [5.41, 5.74) is 0. The van der Waals surface area contributed by atoms with Crippen LogP contribution in [0.25, 0.3) is 0 Å². The SMILES string of the molecule is CCOC(CCCCCCC/C=C/CCBr)OCC. The van der Waals surface area contributed by atoms with Crippen LogP contribution >= 0.6 is 15.9 Å². The summed E-state index contributed by atoms with van der Waals surface area (Å²) in [6.45, 7) is 5.53. The third-order valence-electron chi connectivity index (χ3n) is 2.96. The molecule has 0 amide bonds. The first kappa shape index (κ1) is 19.1. The van der Waals surface area contributed by atoms with Crippen LogP contribution in [0.4, 0.5) is 0 Å². The molecular weight excluding hydrogens is 304 g/mol. The lowest BCUT2D eigenvalue weighted by molar-refractivity contribution is -0.140. The molecule has 19 heavy (non-hydrogen) atoms. The van der Waals surface area contributed by atoms with Gasteiger partial charge in [0.2, 0.25) is 0 Å². The van der Waals surface area contributed by atoms with Gasteiger partial charge in [0.25, 0.3) is 0 Å². The van der Waals surface area contributed by atoms with Gasteiger partial charge < -0.3 is 9.47 Å². The average molecular weight is 335 g/mol. The van der Waals surface area contributed by atoms with Crippen LogP contribution in [0.2, 0.25) is 0 Å². The quantitative estimate of drug-likeness (QED) is 0.182. The van der Waals surface area contributed by atoms with E-state index in [4.69, 9.17) is 9.47 Å². The van der Waals surface area contributed by atoms with Crippen LogP contribution in [0.5, 0.6) is 0 Å². The summed E-state index contributed by atoms with van der Waals surface area (Å²) in [5, 5.41) is 1.07. The van der Waals surface area contributed by atoms with Crippen LogP contribution in [-0.4, -0.2) is 24.8 Å². The van der Waals surface area contributed by atoms with Crippen molar-refractivity contribution >= 4 is 15.9 Å². The van der Waals surface area contributed by atoms with Gasteiger partial charge in [0.1, 0.15) is 0 Å². The van der Waals surface area contributed by atoms with Crippen molar-refractivity contribution in [1.82, 2.24) is 0 Å². The zero-order valence-corrected chi connectivity index (χ0v) is 14.3. The Morgan fingerprint density at radius 1 is 0.842 bits per heavy atom. The predicted molar refractivity (Wildman–Crippen MR) is 86.9 cm³/mol. The molecule has 0 saturated carbocycles. The number of unbranched alkanes of at least 4 members (excludes halogenated alkanes) is 5. The van der Waals surface area contributed by atoms with Crippen LogP contribution in [-0.2, 0) is 9.47 Å². The Morgan fingerprint density at radius 2 is 1.42 bits per heavy atom. The fourth-order valence-corrected chi connectivity index (χ4v) is 2.25. The minimum atomic E-state index is 0.0159. The summed E-state index contributed by atoms with van der Waals surface area (Å²) in [6.07, 6.45) is 14.5. The van der Waals surface area contributed by atoms with Gasteiger partial charge in [-0.15, -0.1) is 0 Å². The zero-order valence-electron chi connectivity index (χ0n) is 12.7. The van der Waals surface area contributed by atoms with Crippen molar-refractivity contribution in [2.45, 2.75) is 71.5 Å². The molecule has 0 radical (unpaired) electrons. The van der Waals surface area contributed by atoms with E-state index in [2.05, 4.69) is 28.1 Å². The van der Waals surface area contributed by atoms with Crippen molar-refractivity contribution in [2.75, 3.05) is 18.5 Å². The molecule has 0 spiro atoms. The van der Waals surface area contributed by atoms with E-state index in [9.17, 15) is 0 Å². The van der Waals surface area contributed by atoms with Crippen LogP contribution in [0, 0.1) is 0 Å².